The van der Waals surface area contributed by atoms with Crippen LogP contribution in [-0.2, 0) is 0 Å². The molecule has 3 aromatic carbocycles. The Hall–Kier alpha value is -4.41. The Kier molecular flexibility index (Phi) is 5.69. The van der Waals surface area contributed by atoms with Crippen molar-refractivity contribution >= 4 is 28.3 Å². The number of benzene rings is 3. The number of rotatable bonds is 6. The molecule has 1 aromatic heterocycles. The summed E-state index contributed by atoms with van der Waals surface area (Å²) in [5.41, 5.74) is 1.75. The number of nitrogens with zero attached hydrogens (tertiary/aromatic N) is 3. The van der Waals surface area contributed by atoms with Crippen molar-refractivity contribution in [3.05, 3.63) is 88.5 Å². The first-order valence-corrected chi connectivity index (χ1v) is 9.54. The molecule has 1 amide bonds. The number of carbonyl (C=O) groups excluding carboxylic acids is 1. The number of hydrogen-bond acceptors (Lipinski definition) is 5. The van der Waals surface area contributed by atoms with Gasteiger partial charge >= 0.3 is 12.2 Å². The van der Waals surface area contributed by atoms with E-state index in [4.69, 9.17) is 4.74 Å². The van der Waals surface area contributed by atoms with Crippen molar-refractivity contribution in [2.75, 3.05) is 11.9 Å². The maximum absolute atomic E-state index is 12.7. The summed E-state index contributed by atoms with van der Waals surface area (Å²) in [4.78, 5) is 26.9. The largest absolute Gasteiger partial charge is 0.455 e. The zero-order chi connectivity index (χ0) is 23.6. The van der Waals surface area contributed by atoms with Crippen molar-refractivity contribution < 1.29 is 27.6 Å². The highest BCUT2D eigenvalue weighted by molar-refractivity contribution is 6.04. The highest BCUT2D eigenvalue weighted by Gasteiger charge is 2.30. The lowest BCUT2D eigenvalue weighted by Crippen LogP contribution is -2.20. The fourth-order valence-electron chi connectivity index (χ4n) is 3.15. The van der Waals surface area contributed by atoms with Gasteiger partial charge in [-0.3, -0.25) is 19.5 Å². The van der Waals surface area contributed by atoms with Crippen molar-refractivity contribution in [3.63, 3.8) is 0 Å². The summed E-state index contributed by atoms with van der Waals surface area (Å²) in [6, 6.07) is 18.1. The first-order valence-electron chi connectivity index (χ1n) is 9.54. The maximum Gasteiger partial charge on any atom is 0.422 e. The van der Waals surface area contributed by atoms with E-state index in [-0.39, 0.29) is 17.3 Å². The van der Waals surface area contributed by atoms with Gasteiger partial charge in [-0.1, -0.05) is 18.2 Å². The highest BCUT2D eigenvalue weighted by atomic mass is 19.4. The molecule has 4 rings (SSSR count). The van der Waals surface area contributed by atoms with Crippen LogP contribution >= 0.6 is 0 Å². The average Bonchev–Trinajstić information content (AvgIpc) is 3.16. The van der Waals surface area contributed by atoms with E-state index in [1.807, 2.05) is 0 Å². The number of hydrogen-bond donors (Lipinski definition) is 1. The molecule has 0 aliphatic carbocycles. The lowest BCUT2D eigenvalue weighted by Gasteiger charge is -2.12. The van der Waals surface area contributed by atoms with Crippen LogP contribution in [0.1, 0.15) is 10.4 Å². The standard InChI is InChI=1S/C22H15F3N4O4/c23-22(24,25)13-33-21-27-18-6-1-2-7-19(18)28(21)16-10-8-15(9-11-16)26-20(30)14-4-3-5-17(12-14)29(31)32/h1-12H,13H2,(H,26,30). The summed E-state index contributed by atoms with van der Waals surface area (Å²) in [7, 11) is 0. The van der Waals surface area contributed by atoms with Crippen LogP contribution in [0.5, 0.6) is 6.01 Å². The molecule has 0 atom stereocenters. The van der Waals surface area contributed by atoms with E-state index in [9.17, 15) is 28.1 Å². The number of halogens is 3. The summed E-state index contributed by atoms with van der Waals surface area (Å²) >= 11 is 0. The second-order valence-electron chi connectivity index (χ2n) is 6.93. The Labute approximate surface area is 184 Å². The van der Waals surface area contributed by atoms with E-state index in [0.717, 1.165) is 6.07 Å². The lowest BCUT2D eigenvalue weighted by molar-refractivity contribution is -0.384. The summed E-state index contributed by atoms with van der Waals surface area (Å²) in [6.45, 7) is -1.49. The zero-order valence-corrected chi connectivity index (χ0v) is 16.7. The van der Waals surface area contributed by atoms with Gasteiger partial charge in [0.1, 0.15) is 0 Å². The summed E-state index contributed by atoms with van der Waals surface area (Å²) in [6.07, 6.45) is -4.52. The topological polar surface area (TPSA) is 99.3 Å². The van der Waals surface area contributed by atoms with Gasteiger partial charge in [-0.25, -0.2) is 0 Å². The van der Waals surface area contributed by atoms with E-state index < -0.39 is 23.6 Å². The minimum Gasteiger partial charge on any atom is -0.455 e. The van der Waals surface area contributed by atoms with Crippen LogP contribution in [0.15, 0.2) is 72.8 Å². The number of fused-ring (bicyclic) bond motifs is 1. The van der Waals surface area contributed by atoms with E-state index in [1.54, 1.807) is 48.5 Å². The van der Waals surface area contributed by atoms with Gasteiger partial charge in [0.15, 0.2) is 6.61 Å². The van der Waals surface area contributed by atoms with Gasteiger partial charge in [0, 0.05) is 23.4 Å². The van der Waals surface area contributed by atoms with Crippen LogP contribution in [0, 0.1) is 10.1 Å². The van der Waals surface area contributed by atoms with Crippen molar-refractivity contribution in [1.82, 2.24) is 9.55 Å². The van der Waals surface area contributed by atoms with Gasteiger partial charge in [0.25, 0.3) is 11.6 Å². The molecule has 168 valence electrons. The smallest absolute Gasteiger partial charge is 0.422 e. The zero-order valence-electron chi connectivity index (χ0n) is 16.7. The van der Waals surface area contributed by atoms with Gasteiger partial charge in [-0.15, -0.1) is 0 Å². The molecule has 0 spiro atoms. The first kappa shape index (κ1) is 21.8. The molecule has 0 bridgehead atoms. The first-order chi connectivity index (χ1) is 15.7. The number of anilines is 1. The Morgan fingerprint density at radius 1 is 1.06 bits per heavy atom. The molecule has 4 aromatic rings. The molecule has 1 heterocycles. The van der Waals surface area contributed by atoms with Crippen molar-refractivity contribution in [1.29, 1.82) is 0 Å². The number of alkyl halides is 3. The van der Waals surface area contributed by atoms with Crippen LogP contribution in [0.2, 0.25) is 0 Å². The van der Waals surface area contributed by atoms with E-state index >= 15 is 0 Å². The van der Waals surface area contributed by atoms with E-state index in [0.29, 0.717) is 22.4 Å². The molecule has 1 N–H and O–H groups in total. The third-order valence-electron chi connectivity index (χ3n) is 4.60. The van der Waals surface area contributed by atoms with Crippen LogP contribution < -0.4 is 10.1 Å². The minimum atomic E-state index is -4.52. The number of imidazole rings is 1. The highest BCUT2D eigenvalue weighted by Crippen LogP contribution is 2.28. The monoisotopic (exact) mass is 456 g/mol. The number of para-hydroxylation sites is 2. The summed E-state index contributed by atoms with van der Waals surface area (Å²) < 4.78 is 44.4. The van der Waals surface area contributed by atoms with Crippen molar-refractivity contribution in [2.45, 2.75) is 6.18 Å². The number of ether oxygens (including phenoxy) is 1. The van der Waals surface area contributed by atoms with Crippen molar-refractivity contribution in [3.8, 4) is 11.7 Å². The van der Waals surface area contributed by atoms with Gasteiger partial charge in [0.2, 0.25) is 0 Å². The molecule has 0 saturated carbocycles. The van der Waals surface area contributed by atoms with Gasteiger partial charge in [-0.2, -0.15) is 18.2 Å². The van der Waals surface area contributed by atoms with Crippen LogP contribution in [0.4, 0.5) is 24.5 Å². The SMILES string of the molecule is O=C(Nc1ccc(-n2c(OCC(F)(F)F)nc3ccccc32)cc1)c1cccc([N+](=O)[O-])c1. The molecule has 0 saturated heterocycles. The molecule has 8 nitrogen and oxygen atoms in total. The summed E-state index contributed by atoms with van der Waals surface area (Å²) in [5.74, 6) is -0.547. The van der Waals surface area contributed by atoms with Gasteiger partial charge in [0.05, 0.1) is 21.6 Å². The molecule has 33 heavy (non-hydrogen) atoms. The number of non-ortho nitro benzene ring substituents is 1. The fraction of sp³-hybridized carbons (Fsp3) is 0.0909. The fourth-order valence-corrected chi connectivity index (χ4v) is 3.15. The van der Waals surface area contributed by atoms with E-state index in [2.05, 4.69) is 10.3 Å². The number of nitrogens with one attached hydrogen (secondary N) is 1. The number of aromatic nitrogens is 2. The maximum atomic E-state index is 12.7. The lowest BCUT2D eigenvalue weighted by atomic mass is 10.2. The Morgan fingerprint density at radius 3 is 2.48 bits per heavy atom. The Balaban J connectivity index is 1.60. The molecule has 0 unspecified atom stereocenters. The number of carbonyl (C=O) groups is 1. The van der Waals surface area contributed by atoms with Gasteiger partial charge in [-0.05, 0) is 42.5 Å². The van der Waals surface area contributed by atoms with Crippen LogP contribution in [0.3, 0.4) is 0 Å². The Bertz CT molecular complexity index is 1330. The molecule has 0 aliphatic rings. The molecular formula is C22H15F3N4O4. The molecular weight excluding hydrogens is 441 g/mol. The third-order valence-corrected chi connectivity index (χ3v) is 4.60. The normalized spacial score (nSPS) is 11.4. The molecule has 0 aliphatic heterocycles. The van der Waals surface area contributed by atoms with Crippen molar-refractivity contribution in [2.24, 2.45) is 0 Å². The van der Waals surface area contributed by atoms with Gasteiger partial charge < -0.3 is 10.1 Å². The Morgan fingerprint density at radius 2 is 1.79 bits per heavy atom. The molecule has 0 fully saturated rings. The average molecular weight is 456 g/mol. The predicted molar refractivity (Wildman–Crippen MR) is 114 cm³/mol. The summed E-state index contributed by atoms with van der Waals surface area (Å²) in [5, 5.41) is 13.5. The second-order valence-corrected chi connectivity index (χ2v) is 6.93. The third kappa shape index (κ3) is 4.92. The van der Waals surface area contributed by atoms with Crippen LogP contribution in [0.25, 0.3) is 16.7 Å². The minimum absolute atomic E-state index is 0.108. The quantitative estimate of drug-likeness (QED) is 0.320. The van der Waals surface area contributed by atoms with E-state index in [1.165, 1.54) is 22.8 Å². The second kappa shape index (κ2) is 8.61. The van der Waals surface area contributed by atoms with Crippen LogP contribution in [-0.4, -0.2) is 33.2 Å². The molecule has 0 radical (unpaired) electrons. The number of nitro groups is 1. The predicted octanol–water partition coefficient (Wildman–Crippen LogP) is 5.13. The number of nitro benzene ring substituents is 1. The number of amides is 1. The molecule has 11 heteroatoms.